The molecule has 1 aliphatic rings. The van der Waals surface area contributed by atoms with Gasteiger partial charge in [-0.15, -0.1) is 0 Å². The maximum atomic E-state index is 6.41. The lowest BCUT2D eigenvalue weighted by molar-refractivity contribution is 0.779. The van der Waals surface area contributed by atoms with Crippen LogP contribution in [0.3, 0.4) is 0 Å². The van der Waals surface area contributed by atoms with Crippen molar-refractivity contribution in [1.29, 1.82) is 0 Å². The third-order valence-corrected chi connectivity index (χ3v) is 4.73. The Kier molecular flexibility index (Phi) is 4.17. The minimum absolute atomic E-state index is 0.614. The van der Waals surface area contributed by atoms with Crippen molar-refractivity contribution in [2.24, 2.45) is 0 Å². The summed E-state index contributed by atoms with van der Waals surface area (Å²) in [6.45, 7) is 0.915. The molecule has 0 bridgehead atoms. The van der Waals surface area contributed by atoms with Gasteiger partial charge in [0.15, 0.2) is 0 Å². The molecule has 1 aromatic carbocycles. The molecule has 0 saturated heterocycles. The number of anilines is 1. The number of hydrogen-bond acceptors (Lipinski definition) is 3. The number of nitrogens with zero attached hydrogens (tertiary/aromatic N) is 3. The molecule has 122 valence electrons. The lowest BCUT2D eigenvalue weighted by atomic mass is 10.1. The van der Waals surface area contributed by atoms with Crippen LogP contribution < -0.4 is 5.32 Å². The van der Waals surface area contributed by atoms with E-state index in [0.717, 1.165) is 48.7 Å². The van der Waals surface area contributed by atoms with E-state index in [-0.39, 0.29) is 0 Å². The summed E-state index contributed by atoms with van der Waals surface area (Å²) in [5.41, 5.74) is 3.73. The smallest absolute Gasteiger partial charge is 0.133 e. The van der Waals surface area contributed by atoms with Gasteiger partial charge in [0, 0.05) is 23.3 Å². The molecule has 0 spiro atoms. The van der Waals surface area contributed by atoms with E-state index in [4.69, 9.17) is 28.3 Å². The van der Waals surface area contributed by atoms with Crippen molar-refractivity contribution >= 4 is 29.0 Å². The Hall–Kier alpha value is -2.04. The van der Waals surface area contributed by atoms with Crippen LogP contribution in [0.2, 0.25) is 10.0 Å². The molecular formula is C18H16Cl2N4. The monoisotopic (exact) mass is 358 g/mol. The highest BCUT2D eigenvalue weighted by molar-refractivity contribution is 6.34. The maximum absolute atomic E-state index is 6.41. The molecule has 1 N–H and O–H groups in total. The van der Waals surface area contributed by atoms with Crippen LogP contribution in [0.5, 0.6) is 0 Å². The van der Waals surface area contributed by atoms with Crippen LogP contribution in [0, 0.1) is 0 Å². The van der Waals surface area contributed by atoms with Crippen LogP contribution in [0.1, 0.15) is 18.4 Å². The lowest BCUT2D eigenvalue weighted by Gasteiger charge is -2.11. The number of halogens is 2. The van der Waals surface area contributed by atoms with Gasteiger partial charge < -0.3 is 5.32 Å². The van der Waals surface area contributed by atoms with Crippen LogP contribution >= 0.6 is 23.2 Å². The number of nitrogens with one attached hydrogen (secondary N) is 1. The molecule has 4 rings (SSSR count). The molecule has 4 nitrogen and oxygen atoms in total. The predicted octanol–water partition coefficient (Wildman–Crippen LogP) is 4.99. The van der Waals surface area contributed by atoms with Crippen LogP contribution in [0.25, 0.3) is 17.1 Å². The predicted molar refractivity (Wildman–Crippen MR) is 98.2 cm³/mol. The summed E-state index contributed by atoms with van der Waals surface area (Å²) < 4.78 is 1.86. The van der Waals surface area contributed by atoms with Crippen LogP contribution in [0.4, 0.5) is 5.82 Å². The summed E-state index contributed by atoms with van der Waals surface area (Å²) >= 11 is 12.6. The Morgan fingerprint density at radius 3 is 2.83 bits per heavy atom. The van der Waals surface area contributed by atoms with E-state index in [1.807, 2.05) is 28.9 Å². The van der Waals surface area contributed by atoms with Crippen molar-refractivity contribution in [3.8, 4) is 17.1 Å². The zero-order chi connectivity index (χ0) is 16.5. The van der Waals surface area contributed by atoms with Gasteiger partial charge in [0.1, 0.15) is 11.5 Å². The highest BCUT2D eigenvalue weighted by Crippen LogP contribution is 2.35. The van der Waals surface area contributed by atoms with E-state index >= 15 is 0 Å². The second kappa shape index (κ2) is 6.46. The van der Waals surface area contributed by atoms with Gasteiger partial charge in [-0.25, -0.2) is 4.68 Å². The van der Waals surface area contributed by atoms with E-state index in [2.05, 4.69) is 10.3 Å². The molecule has 0 atom stereocenters. The zero-order valence-corrected chi connectivity index (χ0v) is 14.5. The molecule has 2 aromatic heterocycles. The highest BCUT2D eigenvalue weighted by Gasteiger charge is 2.23. The fraction of sp³-hybridized carbons (Fsp3) is 0.222. The van der Waals surface area contributed by atoms with Gasteiger partial charge in [-0.1, -0.05) is 29.3 Å². The highest BCUT2D eigenvalue weighted by atomic mass is 35.5. The number of fused-ring (bicyclic) bond motifs is 1. The van der Waals surface area contributed by atoms with Gasteiger partial charge in [-0.2, -0.15) is 5.10 Å². The number of benzene rings is 1. The number of rotatable bonds is 2. The largest absolute Gasteiger partial charge is 0.370 e. The Bertz CT molecular complexity index is 874. The maximum Gasteiger partial charge on any atom is 0.133 e. The van der Waals surface area contributed by atoms with Gasteiger partial charge in [0.25, 0.3) is 0 Å². The molecule has 6 heteroatoms. The lowest BCUT2D eigenvalue weighted by Crippen LogP contribution is -2.07. The first-order valence-electron chi connectivity index (χ1n) is 7.96. The Labute approximate surface area is 150 Å². The third kappa shape index (κ3) is 2.76. The molecule has 0 unspecified atom stereocenters. The van der Waals surface area contributed by atoms with Crippen molar-refractivity contribution in [2.75, 3.05) is 11.9 Å². The standard InChI is InChI=1S/C18H16Cl2N4/c19-12-7-8-14(20)16(11-12)24-18-13(5-1-3-10-22-18)17(23-24)15-6-2-4-9-21-15/h2,4,6-9,11,22H,1,3,5,10H2. The van der Waals surface area contributed by atoms with Crippen LogP contribution in [-0.4, -0.2) is 21.3 Å². The minimum Gasteiger partial charge on any atom is -0.370 e. The normalized spacial score (nSPS) is 13.9. The van der Waals surface area contributed by atoms with Crippen LogP contribution in [0.15, 0.2) is 42.6 Å². The summed E-state index contributed by atoms with van der Waals surface area (Å²) in [6.07, 6.45) is 5.00. The quantitative estimate of drug-likeness (QED) is 0.701. The fourth-order valence-corrected chi connectivity index (χ4v) is 3.40. The van der Waals surface area contributed by atoms with Crippen molar-refractivity contribution in [2.45, 2.75) is 19.3 Å². The molecule has 0 fully saturated rings. The first-order chi connectivity index (χ1) is 11.7. The van der Waals surface area contributed by atoms with Gasteiger partial charge in [-0.05, 0) is 49.6 Å². The molecule has 0 radical (unpaired) electrons. The SMILES string of the molecule is Clc1ccc(Cl)c(-n2nc(-c3ccccn3)c3c2NCCCC3)c1. The van der Waals surface area contributed by atoms with E-state index in [9.17, 15) is 0 Å². The molecule has 3 aromatic rings. The molecule has 0 aliphatic carbocycles. The van der Waals surface area contributed by atoms with Crippen molar-refractivity contribution < 1.29 is 0 Å². The molecule has 24 heavy (non-hydrogen) atoms. The Balaban J connectivity index is 1.95. The van der Waals surface area contributed by atoms with Gasteiger partial charge in [0.2, 0.25) is 0 Å². The average molecular weight is 359 g/mol. The molecular weight excluding hydrogens is 343 g/mol. The van der Waals surface area contributed by atoms with Crippen molar-refractivity contribution in [3.63, 3.8) is 0 Å². The first kappa shape index (κ1) is 15.5. The summed E-state index contributed by atoms with van der Waals surface area (Å²) in [7, 11) is 0. The van der Waals surface area contributed by atoms with E-state index in [0.29, 0.717) is 10.0 Å². The molecule has 3 heterocycles. The second-order valence-corrected chi connectivity index (χ2v) is 6.63. The number of pyridine rings is 1. The number of aromatic nitrogens is 3. The second-order valence-electron chi connectivity index (χ2n) is 5.78. The average Bonchev–Trinajstić information content (AvgIpc) is 2.79. The zero-order valence-electron chi connectivity index (χ0n) is 13.0. The fourth-order valence-electron chi connectivity index (χ4n) is 3.03. The van der Waals surface area contributed by atoms with Crippen LogP contribution in [-0.2, 0) is 6.42 Å². The summed E-state index contributed by atoms with van der Waals surface area (Å²) in [5.74, 6) is 0.984. The van der Waals surface area contributed by atoms with E-state index in [1.165, 1.54) is 5.56 Å². The topological polar surface area (TPSA) is 42.7 Å². The number of hydrogen-bond donors (Lipinski definition) is 1. The Morgan fingerprint density at radius 1 is 1.08 bits per heavy atom. The first-order valence-corrected chi connectivity index (χ1v) is 8.72. The summed E-state index contributed by atoms with van der Waals surface area (Å²) in [6, 6.07) is 11.3. The minimum atomic E-state index is 0.614. The molecule has 0 amide bonds. The van der Waals surface area contributed by atoms with Gasteiger partial charge >= 0.3 is 0 Å². The third-order valence-electron chi connectivity index (χ3n) is 4.17. The summed E-state index contributed by atoms with van der Waals surface area (Å²) in [5, 5.41) is 9.57. The summed E-state index contributed by atoms with van der Waals surface area (Å²) in [4.78, 5) is 4.47. The molecule has 0 saturated carbocycles. The molecule has 1 aliphatic heterocycles. The van der Waals surface area contributed by atoms with Gasteiger partial charge in [0.05, 0.1) is 16.4 Å². The van der Waals surface area contributed by atoms with E-state index < -0.39 is 0 Å². The van der Waals surface area contributed by atoms with Gasteiger partial charge in [-0.3, -0.25) is 4.98 Å². The van der Waals surface area contributed by atoms with E-state index in [1.54, 1.807) is 18.3 Å². The van der Waals surface area contributed by atoms with Crippen molar-refractivity contribution in [1.82, 2.24) is 14.8 Å². The Morgan fingerprint density at radius 2 is 2.00 bits per heavy atom. The van der Waals surface area contributed by atoms with Crippen molar-refractivity contribution in [3.05, 3.63) is 58.2 Å².